The summed E-state index contributed by atoms with van der Waals surface area (Å²) in [4.78, 5) is 26.5. The van der Waals surface area contributed by atoms with Crippen molar-refractivity contribution < 1.29 is 4.74 Å². The van der Waals surface area contributed by atoms with Crippen LogP contribution in [-0.4, -0.2) is 41.3 Å². The molecule has 2 aromatic carbocycles. The molecule has 1 fully saturated rings. The Bertz CT molecular complexity index is 1280. The molecule has 2 N–H and O–H groups in total. The van der Waals surface area contributed by atoms with Crippen molar-refractivity contribution in [2.45, 2.75) is 0 Å². The van der Waals surface area contributed by atoms with Gasteiger partial charge in [-0.05, 0) is 36.4 Å². The average molecular weight is 434 g/mol. The molecule has 0 unspecified atom stereocenters. The molecule has 0 saturated carbocycles. The molecule has 156 valence electrons. The van der Waals surface area contributed by atoms with E-state index >= 15 is 0 Å². The summed E-state index contributed by atoms with van der Waals surface area (Å²) < 4.78 is 5.42. The van der Waals surface area contributed by atoms with Gasteiger partial charge in [0.2, 0.25) is 0 Å². The van der Waals surface area contributed by atoms with Crippen molar-refractivity contribution >= 4 is 39.7 Å². The third kappa shape index (κ3) is 3.97. The van der Waals surface area contributed by atoms with Crippen molar-refractivity contribution in [2.24, 2.45) is 0 Å². The number of anilines is 3. The zero-order valence-corrected chi connectivity index (χ0v) is 17.4. The van der Waals surface area contributed by atoms with Crippen molar-refractivity contribution in [1.82, 2.24) is 15.0 Å². The predicted molar refractivity (Wildman–Crippen MR) is 123 cm³/mol. The Hall–Kier alpha value is -3.42. The minimum atomic E-state index is -0.254. The molecular formula is C23H20ClN5O2. The summed E-state index contributed by atoms with van der Waals surface area (Å²) in [6.07, 6.45) is 1.39. The third-order valence-corrected chi connectivity index (χ3v) is 5.61. The largest absolute Gasteiger partial charge is 0.378 e. The smallest absolute Gasteiger partial charge is 0.262 e. The summed E-state index contributed by atoms with van der Waals surface area (Å²) in [7, 11) is 0. The fourth-order valence-electron chi connectivity index (χ4n) is 3.70. The molecule has 8 heteroatoms. The van der Waals surface area contributed by atoms with Crippen LogP contribution >= 0.6 is 11.6 Å². The minimum absolute atomic E-state index is 0.254. The van der Waals surface area contributed by atoms with Crippen LogP contribution in [0, 0.1) is 0 Å². The van der Waals surface area contributed by atoms with E-state index in [4.69, 9.17) is 21.3 Å². The highest BCUT2D eigenvalue weighted by Crippen LogP contribution is 2.31. The van der Waals surface area contributed by atoms with Gasteiger partial charge >= 0.3 is 0 Å². The van der Waals surface area contributed by atoms with Crippen LogP contribution in [0.4, 0.5) is 17.2 Å². The fourth-order valence-corrected chi connectivity index (χ4v) is 3.93. The van der Waals surface area contributed by atoms with Gasteiger partial charge < -0.3 is 19.9 Å². The number of benzene rings is 2. The minimum Gasteiger partial charge on any atom is -0.378 e. The van der Waals surface area contributed by atoms with Crippen molar-refractivity contribution in [1.29, 1.82) is 0 Å². The third-order valence-electron chi connectivity index (χ3n) is 5.28. The van der Waals surface area contributed by atoms with E-state index in [1.54, 1.807) is 6.07 Å². The zero-order chi connectivity index (χ0) is 21.2. The number of aromatic amines is 1. The standard InChI is InChI=1S/C23H20ClN5O2/c24-18-4-2-1-3-17(18)19-13-20-21(23(30)26-14-25-20)22(28-19)27-15-5-7-16(8-6-15)29-9-11-31-12-10-29/h1-8,13-14H,9-12H2,(H,27,28)(H,25,26,30). The number of aromatic nitrogens is 3. The monoisotopic (exact) mass is 433 g/mol. The molecule has 0 spiro atoms. The zero-order valence-electron chi connectivity index (χ0n) is 16.6. The maximum atomic E-state index is 12.5. The van der Waals surface area contributed by atoms with Crippen LogP contribution in [-0.2, 0) is 4.74 Å². The highest BCUT2D eigenvalue weighted by molar-refractivity contribution is 6.33. The maximum Gasteiger partial charge on any atom is 0.262 e. The Morgan fingerprint density at radius 1 is 1.06 bits per heavy atom. The van der Waals surface area contributed by atoms with Crippen LogP contribution in [0.25, 0.3) is 22.2 Å². The average Bonchev–Trinajstić information content (AvgIpc) is 2.80. The molecule has 4 aromatic rings. The molecule has 31 heavy (non-hydrogen) atoms. The number of fused-ring (bicyclic) bond motifs is 1. The van der Waals surface area contributed by atoms with Gasteiger partial charge in [-0.2, -0.15) is 0 Å². The van der Waals surface area contributed by atoms with Gasteiger partial charge in [-0.15, -0.1) is 0 Å². The van der Waals surface area contributed by atoms with E-state index < -0.39 is 0 Å². The lowest BCUT2D eigenvalue weighted by Gasteiger charge is -2.28. The molecule has 0 atom stereocenters. The second kappa shape index (κ2) is 8.37. The summed E-state index contributed by atoms with van der Waals surface area (Å²) in [6, 6.07) is 17.3. The summed E-state index contributed by atoms with van der Waals surface area (Å²) in [5.41, 5.74) is 3.67. The summed E-state index contributed by atoms with van der Waals surface area (Å²) in [5, 5.41) is 4.27. The first kappa shape index (κ1) is 19.5. The number of halogens is 1. The molecule has 0 amide bonds. The number of rotatable bonds is 4. The van der Waals surface area contributed by atoms with Crippen LogP contribution in [0.1, 0.15) is 0 Å². The summed E-state index contributed by atoms with van der Waals surface area (Å²) in [5.74, 6) is 0.431. The van der Waals surface area contributed by atoms with Gasteiger partial charge in [0.15, 0.2) is 0 Å². The molecule has 1 aliphatic heterocycles. The number of morpholine rings is 1. The van der Waals surface area contributed by atoms with Gasteiger partial charge in [-0.3, -0.25) is 4.79 Å². The summed E-state index contributed by atoms with van der Waals surface area (Å²) >= 11 is 6.38. The number of pyridine rings is 1. The second-order valence-electron chi connectivity index (χ2n) is 7.23. The Labute approximate surface area is 183 Å². The molecule has 1 aliphatic rings. The van der Waals surface area contributed by atoms with Crippen molar-refractivity contribution in [3.8, 4) is 11.3 Å². The molecule has 0 aliphatic carbocycles. The predicted octanol–water partition coefficient (Wildman–Crippen LogP) is 4.22. The van der Waals surface area contributed by atoms with E-state index in [1.807, 2.05) is 36.4 Å². The highest BCUT2D eigenvalue weighted by Gasteiger charge is 2.15. The molecule has 5 rings (SSSR count). The Morgan fingerprint density at radius 2 is 1.84 bits per heavy atom. The van der Waals surface area contributed by atoms with Gasteiger partial charge in [0.25, 0.3) is 5.56 Å². The molecule has 0 radical (unpaired) electrons. The Morgan fingerprint density at radius 3 is 2.61 bits per heavy atom. The molecule has 0 bridgehead atoms. The van der Waals surface area contributed by atoms with E-state index in [9.17, 15) is 4.79 Å². The van der Waals surface area contributed by atoms with Crippen molar-refractivity contribution in [3.63, 3.8) is 0 Å². The number of hydrogen-bond acceptors (Lipinski definition) is 6. The lowest BCUT2D eigenvalue weighted by atomic mass is 10.1. The van der Waals surface area contributed by atoms with Crippen molar-refractivity contribution in [3.05, 3.63) is 76.3 Å². The summed E-state index contributed by atoms with van der Waals surface area (Å²) in [6.45, 7) is 3.22. The van der Waals surface area contributed by atoms with Gasteiger partial charge in [0.05, 0.1) is 30.8 Å². The van der Waals surface area contributed by atoms with E-state index in [0.29, 0.717) is 27.4 Å². The van der Waals surface area contributed by atoms with Crippen LogP contribution in [0.15, 0.2) is 65.7 Å². The second-order valence-corrected chi connectivity index (χ2v) is 7.64. The maximum absolute atomic E-state index is 12.5. The first-order chi connectivity index (χ1) is 15.2. The molecule has 3 heterocycles. The fraction of sp³-hybridized carbons (Fsp3) is 0.174. The molecule has 1 saturated heterocycles. The SMILES string of the molecule is O=c1[nH]cnc2cc(-c3ccccc3Cl)nc(Nc3ccc(N4CCOCC4)cc3)c12. The Kier molecular flexibility index (Phi) is 5.28. The van der Waals surface area contributed by atoms with Gasteiger partial charge in [-0.1, -0.05) is 29.8 Å². The number of nitrogens with zero attached hydrogens (tertiary/aromatic N) is 3. The van der Waals surface area contributed by atoms with Gasteiger partial charge in [0, 0.05) is 35.1 Å². The van der Waals surface area contributed by atoms with Crippen LogP contribution < -0.4 is 15.8 Å². The van der Waals surface area contributed by atoms with Crippen LogP contribution in [0.3, 0.4) is 0 Å². The normalized spacial score (nSPS) is 14.0. The number of hydrogen-bond donors (Lipinski definition) is 2. The van der Waals surface area contributed by atoms with E-state index in [2.05, 4.69) is 32.3 Å². The number of nitrogens with one attached hydrogen (secondary N) is 2. The quantitative estimate of drug-likeness (QED) is 0.501. The van der Waals surface area contributed by atoms with Crippen LogP contribution in [0.2, 0.25) is 5.02 Å². The van der Waals surface area contributed by atoms with Gasteiger partial charge in [0.1, 0.15) is 11.2 Å². The van der Waals surface area contributed by atoms with Gasteiger partial charge in [-0.25, -0.2) is 9.97 Å². The molecule has 2 aromatic heterocycles. The first-order valence-electron chi connectivity index (χ1n) is 10.0. The highest BCUT2D eigenvalue weighted by atomic mass is 35.5. The number of H-pyrrole nitrogens is 1. The number of ether oxygens (including phenoxy) is 1. The van der Waals surface area contributed by atoms with Crippen LogP contribution in [0.5, 0.6) is 0 Å². The lowest BCUT2D eigenvalue weighted by molar-refractivity contribution is 0.122. The molecule has 7 nitrogen and oxygen atoms in total. The topological polar surface area (TPSA) is 83.1 Å². The van der Waals surface area contributed by atoms with E-state index in [0.717, 1.165) is 43.2 Å². The van der Waals surface area contributed by atoms with E-state index in [1.165, 1.54) is 6.33 Å². The Balaban J connectivity index is 1.54. The van der Waals surface area contributed by atoms with E-state index in [-0.39, 0.29) is 5.56 Å². The first-order valence-corrected chi connectivity index (χ1v) is 10.4. The lowest BCUT2D eigenvalue weighted by Crippen LogP contribution is -2.36. The molecular weight excluding hydrogens is 414 g/mol. The van der Waals surface area contributed by atoms with Crippen molar-refractivity contribution in [2.75, 3.05) is 36.5 Å².